The Hall–Kier alpha value is -3.04. The Labute approximate surface area is 178 Å². The fourth-order valence-corrected chi connectivity index (χ4v) is 4.11. The van der Waals surface area contributed by atoms with Crippen molar-refractivity contribution < 1.29 is 19.1 Å². The van der Waals surface area contributed by atoms with Crippen LogP contribution in [0.1, 0.15) is 26.6 Å². The lowest BCUT2D eigenvalue weighted by molar-refractivity contribution is -0.120. The van der Waals surface area contributed by atoms with Gasteiger partial charge in [0.05, 0.1) is 23.8 Å². The number of carbonyl (C=O) groups is 2. The van der Waals surface area contributed by atoms with Gasteiger partial charge in [-0.05, 0) is 18.1 Å². The summed E-state index contributed by atoms with van der Waals surface area (Å²) in [5, 5.41) is 6.38. The van der Waals surface area contributed by atoms with Crippen LogP contribution in [-0.2, 0) is 22.6 Å². The number of benzene rings is 1. The first-order chi connectivity index (χ1) is 14.5. The minimum atomic E-state index is -0.219. The van der Waals surface area contributed by atoms with Crippen LogP contribution in [0.4, 0.5) is 0 Å². The normalized spacial score (nSPS) is 10.8. The number of nitrogens with zero attached hydrogens (tertiary/aromatic N) is 2. The van der Waals surface area contributed by atoms with Crippen LogP contribution in [0.3, 0.4) is 0 Å². The van der Waals surface area contributed by atoms with Gasteiger partial charge in [0.25, 0.3) is 5.91 Å². The van der Waals surface area contributed by atoms with Gasteiger partial charge in [-0.15, -0.1) is 11.3 Å². The summed E-state index contributed by atoms with van der Waals surface area (Å²) in [6, 6.07) is 9.51. The van der Waals surface area contributed by atoms with Crippen LogP contribution in [0, 0.1) is 6.92 Å². The van der Waals surface area contributed by atoms with Gasteiger partial charge >= 0.3 is 0 Å². The van der Waals surface area contributed by atoms with E-state index in [0.717, 1.165) is 16.5 Å². The monoisotopic (exact) mass is 428 g/mol. The van der Waals surface area contributed by atoms with Gasteiger partial charge < -0.3 is 20.1 Å². The molecule has 0 saturated heterocycles. The number of aryl methyl sites for hydroxylation is 1. The molecule has 0 saturated carbocycles. The maximum atomic E-state index is 12.7. The van der Waals surface area contributed by atoms with Gasteiger partial charge in [0.1, 0.15) is 11.4 Å². The first-order valence-electron chi connectivity index (χ1n) is 9.45. The molecule has 0 bridgehead atoms. The lowest BCUT2D eigenvalue weighted by Crippen LogP contribution is -2.35. The third kappa shape index (κ3) is 5.11. The highest BCUT2D eigenvalue weighted by molar-refractivity contribution is 7.20. The van der Waals surface area contributed by atoms with Crippen molar-refractivity contribution in [3.05, 3.63) is 52.2 Å². The molecular weight excluding hydrogens is 404 g/mol. The molecule has 0 aliphatic heterocycles. The number of amides is 2. The van der Waals surface area contributed by atoms with Crippen molar-refractivity contribution in [2.24, 2.45) is 0 Å². The van der Waals surface area contributed by atoms with Crippen LogP contribution in [0.25, 0.3) is 10.2 Å². The number of nitrogens with one attached hydrogen (secondary N) is 2. The molecule has 0 aliphatic rings. The van der Waals surface area contributed by atoms with E-state index < -0.39 is 0 Å². The summed E-state index contributed by atoms with van der Waals surface area (Å²) in [6.45, 7) is 2.78. The van der Waals surface area contributed by atoms with Crippen LogP contribution in [0.5, 0.6) is 5.88 Å². The second-order valence-corrected chi connectivity index (χ2v) is 7.59. The molecule has 8 nitrogen and oxygen atoms in total. The van der Waals surface area contributed by atoms with E-state index in [2.05, 4.69) is 20.6 Å². The Balaban J connectivity index is 1.60. The molecule has 2 aromatic heterocycles. The molecular formula is C21H24N4O4S. The van der Waals surface area contributed by atoms with Crippen molar-refractivity contribution in [3.8, 4) is 5.88 Å². The van der Waals surface area contributed by atoms with E-state index in [4.69, 9.17) is 9.47 Å². The summed E-state index contributed by atoms with van der Waals surface area (Å²) in [6.07, 6.45) is 0.312. The number of methoxy groups -OCH3 is 2. The summed E-state index contributed by atoms with van der Waals surface area (Å²) in [7, 11) is 3.10. The molecule has 30 heavy (non-hydrogen) atoms. The van der Waals surface area contributed by atoms with Gasteiger partial charge in [-0.25, -0.2) is 4.98 Å². The third-order valence-corrected chi connectivity index (χ3v) is 5.60. The predicted molar refractivity (Wildman–Crippen MR) is 115 cm³/mol. The van der Waals surface area contributed by atoms with E-state index in [1.54, 1.807) is 7.11 Å². The Morgan fingerprint density at radius 2 is 1.80 bits per heavy atom. The number of carbonyl (C=O) groups excluding carboxylic acids is 2. The zero-order valence-electron chi connectivity index (χ0n) is 17.2. The molecule has 0 unspecified atom stereocenters. The molecule has 0 aliphatic carbocycles. The number of hydrogen-bond donors (Lipinski definition) is 2. The Morgan fingerprint density at radius 3 is 2.50 bits per heavy atom. The Morgan fingerprint density at radius 1 is 1.07 bits per heavy atom. The first-order valence-corrected chi connectivity index (χ1v) is 10.3. The lowest BCUT2D eigenvalue weighted by atomic mass is 10.1. The van der Waals surface area contributed by atoms with Crippen LogP contribution in [-0.4, -0.2) is 49.1 Å². The second-order valence-electron chi connectivity index (χ2n) is 6.59. The summed E-state index contributed by atoms with van der Waals surface area (Å²) < 4.78 is 10.5. The van der Waals surface area contributed by atoms with Gasteiger partial charge in [0.15, 0.2) is 5.82 Å². The van der Waals surface area contributed by atoms with E-state index in [9.17, 15) is 9.59 Å². The van der Waals surface area contributed by atoms with E-state index in [1.807, 2.05) is 37.3 Å². The van der Waals surface area contributed by atoms with Gasteiger partial charge in [-0.1, -0.05) is 30.3 Å². The summed E-state index contributed by atoms with van der Waals surface area (Å²) in [5.41, 5.74) is 1.71. The average Bonchev–Trinajstić information content (AvgIpc) is 3.08. The van der Waals surface area contributed by atoms with Crippen molar-refractivity contribution in [2.45, 2.75) is 20.0 Å². The summed E-state index contributed by atoms with van der Waals surface area (Å²) in [5.74, 6) is 0.617. The van der Waals surface area contributed by atoms with Gasteiger partial charge in [0.2, 0.25) is 11.8 Å². The Kier molecular flexibility index (Phi) is 7.31. The van der Waals surface area contributed by atoms with Crippen molar-refractivity contribution >= 4 is 33.4 Å². The zero-order valence-corrected chi connectivity index (χ0v) is 18.0. The molecule has 158 valence electrons. The topological polar surface area (TPSA) is 102 Å². The average molecular weight is 429 g/mol. The highest BCUT2D eigenvalue weighted by Gasteiger charge is 2.21. The number of thiophene rings is 1. The maximum Gasteiger partial charge on any atom is 0.261 e. The van der Waals surface area contributed by atoms with Crippen molar-refractivity contribution in [3.63, 3.8) is 0 Å². The van der Waals surface area contributed by atoms with E-state index in [0.29, 0.717) is 40.9 Å². The predicted octanol–water partition coefficient (Wildman–Crippen LogP) is 2.24. The molecule has 2 heterocycles. The fourth-order valence-electron chi connectivity index (χ4n) is 3.00. The third-order valence-electron chi connectivity index (χ3n) is 4.42. The van der Waals surface area contributed by atoms with Gasteiger partial charge in [-0.3, -0.25) is 9.59 Å². The number of hydrogen-bond acceptors (Lipinski definition) is 7. The van der Waals surface area contributed by atoms with Crippen molar-refractivity contribution in [1.29, 1.82) is 0 Å². The van der Waals surface area contributed by atoms with Gasteiger partial charge in [-0.2, -0.15) is 4.98 Å². The molecule has 2 amide bonds. The molecule has 0 fully saturated rings. The van der Waals surface area contributed by atoms with Crippen molar-refractivity contribution in [2.75, 3.05) is 27.3 Å². The van der Waals surface area contributed by atoms with E-state index in [-0.39, 0.29) is 18.4 Å². The SMILES string of the molecule is COCc1nc(OC)c2c(C)c(C(=O)NCCNC(=O)Cc3ccccc3)sc2n1. The highest BCUT2D eigenvalue weighted by Crippen LogP contribution is 2.34. The fraction of sp³-hybridized carbons (Fsp3) is 0.333. The smallest absolute Gasteiger partial charge is 0.261 e. The molecule has 1 aromatic carbocycles. The maximum absolute atomic E-state index is 12.7. The number of fused-ring (bicyclic) bond motifs is 1. The highest BCUT2D eigenvalue weighted by atomic mass is 32.1. The standard InChI is InChI=1S/C21H24N4O4S/c1-13-17-20(29-3)24-15(12-28-2)25-21(17)30-18(13)19(27)23-10-9-22-16(26)11-14-7-5-4-6-8-14/h4-8H,9-12H2,1-3H3,(H,22,26)(H,23,27). The second kappa shape index (κ2) is 10.1. The molecule has 0 radical (unpaired) electrons. The first kappa shape index (κ1) is 21.7. The zero-order chi connectivity index (χ0) is 21.5. The Bertz CT molecular complexity index is 1040. The molecule has 9 heteroatoms. The molecule has 3 aromatic rings. The molecule has 3 rings (SSSR count). The number of ether oxygens (including phenoxy) is 2. The molecule has 2 N–H and O–H groups in total. The minimum Gasteiger partial charge on any atom is -0.480 e. The van der Waals surface area contributed by atoms with Crippen LogP contribution >= 0.6 is 11.3 Å². The molecule has 0 atom stereocenters. The van der Waals surface area contributed by atoms with E-state index in [1.165, 1.54) is 18.4 Å². The van der Waals surface area contributed by atoms with Gasteiger partial charge in [0, 0.05) is 20.2 Å². The largest absolute Gasteiger partial charge is 0.480 e. The summed E-state index contributed by atoms with van der Waals surface area (Å²) in [4.78, 5) is 34.7. The number of rotatable bonds is 9. The lowest BCUT2D eigenvalue weighted by Gasteiger charge is -2.07. The van der Waals surface area contributed by atoms with E-state index >= 15 is 0 Å². The molecule has 0 spiro atoms. The quantitative estimate of drug-likeness (QED) is 0.507. The van der Waals surface area contributed by atoms with Crippen LogP contribution in [0.2, 0.25) is 0 Å². The van der Waals surface area contributed by atoms with Crippen molar-refractivity contribution in [1.82, 2.24) is 20.6 Å². The number of aromatic nitrogens is 2. The minimum absolute atomic E-state index is 0.0841. The van der Waals surface area contributed by atoms with Crippen LogP contribution < -0.4 is 15.4 Å². The summed E-state index contributed by atoms with van der Waals surface area (Å²) >= 11 is 1.28. The van der Waals surface area contributed by atoms with Crippen LogP contribution in [0.15, 0.2) is 30.3 Å².